The Morgan fingerprint density at radius 1 is 1.31 bits per heavy atom. The molecule has 2 nitrogen and oxygen atoms in total. The number of aromatic hydroxyl groups is 1. The lowest BCUT2D eigenvalue weighted by molar-refractivity contribution is 0.132. The minimum Gasteiger partial charge on any atom is -0.508 e. The Balaban J connectivity index is 2.32. The van der Waals surface area contributed by atoms with E-state index in [1.807, 2.05) is 12.1 Å². The molecule has 1 aliphatic carbocycles. The molecular weight excluding hydrogens is 200 g/mol. The monoisotopic (exact) mass is 220 g/mol. The summed E-state index contributed by atoms with van der Waals surface area (Å²) in [4.78, 5) is 0. The standard InChI is InChI=1S/C14H20O2/c1-9(2)10-6-7-12-11(14(16)8-10)4-3-5-13(12)15/h3-5,9-10,14-16H,6-8H2,1-2H3. The summed E-state index contributed by atoms with van der Waals surface area (Å²) in [6, 6.07) is 5.46. The molecule has 0 spiro atoms. The second kappa shape index (κ2) is 4.46. The Labute approximate surface area is 96.9 Å². The predicted molar refractivity (Wildman–Crippen MR) is 64.3 cm³/mol. The van der Waals surface area contributed by atoms with Crippen molar-refractivity contribution in [2.45, 2.75) is 39.2 Å². The van der Waals surface area contributed by atoms with Crippen LogP contribution in [0.25, 0.3) is 0 Å². The first-order chi connectivity index (χ1) is 7.59. The van der Waals surface area contributed by atoms with Crippen molar-refractivity contribution in [3.05, 3.63) is 29.3 Å². The van der Waals surface area contributed by atoms with E-state index in [0.717, 1.165) is 30.4 Å². The van der Waals surface area contributed by atoms with Gasteiger partial charge in [0.25, 0.3) is 0 Å². The van der Waals surface area contributed by atoms with E-state index in [4.69, 9.17) is 0 Å². The van der Waals surface area contributed by atoms with Gasteiger partial charge in [-0.1, -0.05) is 26.0 Å². The molecule has 2 unspecified atom stereocenters. The van der Waals surface area contributed by atoms with Crippen molar-refractivity contribution in [3.8, 4) is 5.75 Å². The lowest BCUT2D eigenvalue weighted by atomic mass is 9.88. The quantitative estimate of drug-likeness (QED) is 0.714. The SMILES string of the molecule is CC(C)C1CCc2c(O)cccc2C(O)C1. The third kappa shape index (κ3) is 2.07. The molecule has 0 fully saturated rings. The lowest BCUT2D eigenvalue weighted by Crippen LogP contribution is -2.11. The fraction of sp³-hybridized carbons (Fsp3) is 0.571. The maximum atomic E-state index is 10.2. The van der Waals surface area contributed by atoms with Crippen molar-refractivity contribution in [1.29, 1.82) is 0 Å². The van der Waals surface area contributed by atoms with Crippen LogP contribution in [0.3, 0.4) is 0 Å². The van der Waals surface area contributed by atoms with Crippen LogP contribution in [0.1, 0.15) is 43.9 Å². The minimum atomic E-state index is -0.419. The van der Waals surface area contributed by atoms with E-state index in [-0.39, 0.29) is 0 Å². The number of rotatable bonds is 1. The van der Waals surface area contributed by atoms with Crippen LogP contribution in [-0.2, 0) is 6.42 Å². The summed E-state index contributed by atoms with van der Waals surface area (Å²) in [6.07, 6.45) is 2.33. The second-order valence-electron chi connectivity index (χ2n) is 5.14. The third-order valence-electron chi connectivity index (χ3n) is 3.78. The number of phenolic OH excluding ortho intramolecular Hbond substituents is 1. The normalized spacial score (nSPS) is 25.2. The molecule has 2 rings (SSSR count). The smallest absolute Gasteiger partial charge is 0.119 e. The highest BCUT2D eigenvalue weighted by Crippen LogP contribution is 2.38. The Hall–Kier alpha value is -1.02. The van der Waals surface area contributed by atoms with Crippen LogP contribution in [0.2, 0.25) is 0 Å². The van der Waals surface area contributed by atoms with Gasteiger partial charge in [0.1, 0.15) is 5.75 Å². The molecule has 88 valence electrons. The van der Waals surface area contributed by atoms with Gasteiger partial charge in [0.15, 0.2) is 0 Å². The molecule has 2 N–H and O–H groups in total. The molecule has 1 aliphatic rings. The molecule has 1 aromatic carbocycles. The lowest BCUT2D eigenvalue weighted by Gasteiger charge is -2.20. The summed E-state index contributed by atoms with van der Waals surface area (Å²) in [5, 5.41) is 20.0. The summed E-state index contributed by atoms with van der Waals surface area (Å²) in [5.74, 6) is 1.47. The highest BCUT2D eigenvalue weighted by molar-refractivity contribution is 5.41. The average molecular weight is 220 g/mol. The van der Waals surface area contributed by atoms with Crippen molar-refractivity contribution in [2.75, 3.05) is 0 Å². The van der Waals surface area contributed by atoms with Crippen molar-refractivity contribution < 1.29 is 10.2 Å². The topological polar surface area (TPSA) is 40.5 Å². The highest BCUT2D eigenvalue weighted by Gasteiger charge is 2.26. The van der Waals surface area contributed by atoms with Gasteiger partial charge in [-0.3, -0.25) is 0 Å². The molecule has 0 aromatic heterocycles. The zero-order valence-corrected chi connectivity index (χ0v) is 9.98. The summed E-state index contributed by atoms with van der Waals surface area (Å²) in [5.41, 5.74) is 1.86. The summed E-state index contributed by atoms with van der Waals surface area (Å²) in [7, 11) is 0. The van der Waals surface area contributed by atoms with E-state index in [1.165, 1.54) is 0 Å². The van der Waals surface area contributed by atoms with Gasteiger partial charge in [0.2, 0.25) is 0 Å². The third-order valence-corrected chi connectivity index (χ3v) is 3.78. The van der Waals surface area contributed by atoms with Crippen LogP contribution in [0.5, 0.6) is 5.75 Å². The van der Waals surface area contributed by atoms with Gasteiger partial charge >= 0.3 is 0 Å². The number of hydrogen-bond acceptors (Lipinski definition) is 2. The minimum absolute atomic E-state index is 0.334. The van der Waals surface area contributed by atoms with Crippen LogP contribution in [0.15, 0.2) is 18.2 Å². The van der Waals surface area contributed by atoms with Gasteiger partial charge in [-0.25, -0.2) is 0 Å². The summed E-state index contributed by atoms with van der Waals surface area (Å²) < 4.78 is 0. The van der Waals surface area contributed by atoms with Crippen molar-refractivity contribution in [3.63, 3.8) is 0 Å². The van der Waals surface area contributed by atoms with Gasteiger partial charge in [-0.05, 0) is 48.3 Å². The molecule has 16 heavy (non-hydrogen) atoms. The molecule has 0 radical (unpaired) electrons. The van der Waals surface area contributed by atoms with Crippen LogP contribution >= 0.6 is 0 Å². The van der Waals surface area contributed by atoms with E-state index in [2.05, 4.69) is 13.8 Å². The van der Waals surface area contributed by atoms with Gasteiger partial charge < -0.3 is 10.2 Å². The Morgan fingerprint density at radius 3 is 2.75 bits per heavy atom. The number of fused-ring (bicyclic) bond motifs is 1. The number of aliphatic hydroxyl groups excluding tert-OH is 1. The maximum Gasteiger partial charge on any atom is 0.119 e. The van der Waals surface area contributed by atoms with Gasteiger partial charge in [0, 0.05) is 0 Å². The van der Waals surface area contributed by atoms with Gasteiger partial charge in [-0.2, -0.15) is 0 Å². The van der Waals surface area contributed by atoms with Crippen LogP contribution in [0, 0.1) is 11.8 Å². The fourth-order valence-corrected chi connectivity index (χ4v) is 2.64. The molecule has 0 bridgehead atoms. The van der Waals surface area contributed by atoms with E-state index < -0.39 is 6.10 Å². The molecule has 0 saturated heterocycles. The first-order valence-corrected chi connectivity index (χ1v) is 6.08. The summed E-state index contributed by atoms with van der Waals surface area (Å²) in [6.45, 7) is 4.40. The molecule has 1 aromatic rings. The number of aliphatic hydroxyl groups is 1. The predicted octanol–water partition coefficient (Wildman–Crippen LogP) is 3.03. The van der Waals surface area contributed by atoms with Crippen LogP contribution in [-0.4, -0.2) is 10.2 Å². The zero-order chi connectivity index (χ0) is 11.7. The van der Waals surface area contributed by atoms with E-state index in [9.17, 15) is 10.2 Å². The largest absolute Gasteiger partial charge is 0.508 e. The van der Waals surface area contributed by atoms with Gasteiger partial charge in [-0.15, -0.1) is 0 Å². The Morgan fingerprint density at radius 2 is 2.06 bits per heavy atom. The molecular formula is C14H20O2. The molecule has 0 heterocycles. The molecule has 2 atom stereocenters. The van der Waals surface area contributed by atoms with Crippen molar-refractivity contribution >= 4 is 0 Å². The Kier molecular flexibility index (Phi) is 3.20. The first kappa shape index (κ1) is 11.5. The average Bonchev–Trinajstić information content (AvgIpc) is 2.40. The van der Waals surface area contributed by atoms with Crippen LogP contribution < -0.4 is 0 Å². The fourth-order valence-electron chi connectivity index (χ4n) is 2.64. The van der Waals surface area contributed by atoms with Crippen molar-refractivity contribution in [2.24, 2.45) is 11.8 Å². The Bertz CT molecular complexity index is 371. The molecule has 0 saturated carbocycles. The van der Waals surface area contributed by atoms with E-state index in [0.29, 0.717) is 17.6 Å². The van der Waals surface area contributed by atoms with Crippen LogP contribution in [0.4, 0.5) is 0 Å². The highest BCUT2D eigenvalue weighted by atomic mass is 16.3. The summed E-state index contributed by atoms with van der Waals surface area (Å²) >= 11 is 0. The number of hydrogen-bond donors (Lipinski definition) is 2. The van der Waals surface area contributed by atoms with E-state index >= 15 is 0 Å². The number of benzene rings is 1. The first-order valence-electron chi connectivity index (χ1n) is 6.08. The zero-order valence-electron chi connectivity index (χ0n) is 9.98. The second-order valence-corrected chi connectivity index (χ2v) is 5.14. The van der Waals surface area contributed by atoms with Crippen molar-refractivity contribution in [1.82, 2.24) is 0 Å². The van der Waals surface area contributed by atoms with Gasteiger partial charge in [0.05, 0.1) is 6.10 Å². The maximum absolute atomic E-state index is 10.2. The molecule has 0 aliphatic heterocycles. The number of phenols is 1. The molecule has 0 amide bonds. The molecule has 2 heteroatoms. The van der Waals surface area contributed by atoms with E-state index in [1.54, 1.807) is 6.07 Å².